The van der Waals surface area contributed by atoms with Gasteiger partial charge in [0.15, 0.2) is 5.69 Å². The standard InChI is InChI=1S/C18H19BrF3N5O/c1-2-23-17-24-14(18(20,21)22)11-15(25-17)26-7-9-27(10-8-26)16(28)12-3-5-13(19)6-4-12/h3-6,11H,2,7-10H2,1H3,(H,23,24,25). The molecule has 0 saturated carbocycles. The summed E-state index contributed by atoms with van der Waals surface area (Å²) in [4.78, 5) is 23.7. The van der Waals surface area contributed by atoms with Gasteiger partial charge in [-0.15, -0.1) is 0 Å². The number of aromatic nitrogens is 2. The van der Waals surface area contributed by atoms with E-state index in [0.29, 0.717) is 38.3 Å². The molecule has 28 heavy (non-hydrogen) atoms. The summed E-state index contributed by atoms with van der Waals surface area (Å²) in [5, 5.41) is 2.74. The van der Waals surface area contributed by atoms with Gasteiger partial charge in [-0.25, -0.2) is 4.98 Å². The molecule has 1 N–H and O–H groups in total. The summed E-state index contributed by atoms with van der Waals surface area (Å²) < 4.78 is 40.3. The van der Waals surface area contributed by atoms with Crippen molar-refractivity contribution in [3.63, 3.8) is 0 Å². The highest BCUT2D eigenvalue weighted by atomic mass is 79.9. The van der Waals surface area contributed by atoms with Crippen LogP contribution in [0.4, 0.5) is 24.9 Å². The van der Waals surface area contributed by atoms with E-state index in [1.54, 1.807) is 41.0 Å². The summed E-state index contributed by atoms with van der Waals surface area (Å²) in [6, 6.07) is 8.02. The van der Waals surface area contributed by atoms with Gasteiger partial charge >= 0.3 is 6.18 Å². The number of alkyl halides is 3. The molecule has 1 aromatic carbocycles. The second kappa shape index (κ2) is 8.34. The minimum absolute atomic E-state index is 0.0549. The largest absolute Gasteiger partial charge is 0.433 e. The third-order valence-electron chi connectivity index (χ3n) is 4.32. The summed E-state index contributed by atoms with van der Waals surface area (Å²) in [7, 11) is 0. The second-order valence-electron chi connectivity index (χ2n) is 6.25. The van der Waals surface area contributed by atoms with E-state index in [1.165, 1.54) is 0 Å². The van der Waals surface area contributed by atoms with Crippen LogP contribution in [0.1, 0.15) is 23.0 Å². The van der Waals surface area contributed by atoms with E-state index < -0.39 is 11.9 Å². The van der Waals surface area contributed by atoms with E-state index in [-0.39, 0.29) is 17.7 Å². The van der Waals surface area contributed by atoms with Gasteiger partial charge in [-0.1, -0.05) is 15.9 Å². The van der Waals surface area contributed by atoms with Crippen molar-refractivity contribution in [2.45, 2.75) is 13.1 Å². The molecule has 1 aliphatic rings. The SMILES string of the molecule is CCNc1nc(N2CCN(C(=O)c3ccc(Br)cc3)CC2)cc(C(F)(F)F)n1. The van der Waals surface area contributed by atoms with Gasteiger partial charge in [0.2, 0.25) is 5.95 Å². The van der Waals surface area contributed by atoms with Crippen LogP contribution in [-0.2, 0) is 6.18 Å². The highest BCUT2D eigenvalue weighted by Crippen LogP contribution is 2.31. The first-order valence-electron chi connectivity index (χ1n) is 8.78. The summed E-state index contributed by atoms with van der Waals surface area (Å²) in [6.07, 6.45) is -4.55. The highest BCUT2D eigenvalue weighted by Gasteiger charge is 2.34. The number of rotatable bonds is 4. The van der Waals surface area contributed by atoms with Crippen molar-refractivity contribution in [2.75, 3.05) is 42.9 Å². The Bertz CT molecular complexity index is 836. The molecule has 1 saturated heterocycles. The van der Waals surface area contributed by atoms with E-state index in [4.69, 9.17) is 0 Å². The molecule has 0 aliphatic carbocycles. The lowest BCUT2D eigenvalue weighted by Crippen LogP contribution is -2.49. The van der Waals surface area contributed by atoms with Crippen LogP contribution in [-0.4, -0.2) is 53.5 Å². The van der Waals surface area contributed by atoms with Crippen molar-refractivity contribution in [1.29, 1.82) is 0 Å². The number of halogens is 4. The van der Waals surface area contributed by atoms with E-state index in [0.717, 1.165) is 10.5 Å². The third-order valence-corrected chi connectivity index (χ3v) is 4.85. The zero-order valence-electron chi connectivity index (χ0n) is 15.1. The van der Waals surface area contributed by atoms with Crippen LogP contribution in [0.25, 0.3) is 0 Å². The fraction of sp³-hybridized carbons (Fsp3) is 0.389. The van der Waals surface area contributed by atoms with Crippen molar-refractivity contribution in [2.24, 2.45) is 0 Å². The maximum absolute atomic E-state index is 13.1. The van der Waals surface area contributed by atoms with E-state index in [9.17, 15) is 18.0 Å². The molecule has 1 aliphatic heterocycles. The highest BCUT2D eigenvalue weighted by molar-refractivity contribution is 9.10. The molecule has 2 aromatic rings. The number of anilines is 2. The van der Waals surface area contributed by atoms with Gasteiger partial charge < -0.3 is 15.1 Å². The number of amides is 1. The molecular formula is C18H19BrF3N5O. The normalized spacial score (nSPS) is 14.9. The van der Waals surface area contributed by atoms with Gasteiger partial charge in [0, 0.05) is 48.8 Å². The van der Waals surface area contributed by atoms with E-state index in [1.807, 2.05) is 0 Å². The molecule has 1 fully saturated rings. The Morgan fingerprint density at radius 3 is 2.36 bits per heavy atom. The zero-order chi connectivity index (χ0) is 20.3. The van der Waals surface area contributed by atoms with Crippen LogP contribution in [0.5, 0.6) is 0 Å². The fourth-order valence-electron chi connectivity index (χ4n) is 2.89. The maximum atomic E-state index is 13.1. The number of hydrogen-bond acceptors (Lipinski definition) is 5. The van der Waals surface area contributed by atoms with Gasteiger partial charge in [0.25, 0.3) is 5.91 Å². The van der Waals surface area contributed by atoms with Crippen molar-refractivity contribution in [3.8, 4) is 0 Å². The van der Waals surface area contributed by atoms with E-state index in [2.05, 4.69) is 31.2 Å². The van der Waals surface area contributed by atoms with Crippen LogP contribution in [0, 0.1) is 0 Å². The van der Waals surface area contributed by atoms with Crippen LogP contribution in [0.15, 0.2) is 34.8 Å². The smallest absolute Gasteiger partial charge is 0.354 e. The van der Waals surface area contributed by atoms with Crippen LogP contribution >= 0.6 is 15.9 Å². The Labute approximate surface area is 168 Å². The van der Waals surface area contributed by atoms with Crippen LogP contribution in [0.3, 0.4) is 0 Å². The molecule has 0 unspecified atom stereocenters. The quantitative estimate of drug-likeness (QED) is 0.758. The molecule has 1 amide bonds. The van der Waals surface area contributed by atoms with Crippen LogP contribution < -0.4 is 10.2 Å². The Morgan fingerprint density at radius 1 is 1.14 bits per heavy atom. The molecule has 0 radical (unpaired) electrons. The molecule has 0 bridgehead atoms. The second-order valence-corrected chi connectivity index (χ2v) is 7.16. The van der Waals surface area contributed by atoms with Crippen molar-refractivity contribution in [1.82, 2.24) is 14.9 Å². The van der Waals surface area contributed by atoms with Crippen molar-refractivity contribution >= 4 is 33.6 Å². The number of benzene rings is 1. The zero-order valence-corrected chi connectivity index (χ0v) is 16.7. The minimum atomic E-state index is -4.55. The summed E-state index contributed by atoms with van der Waals surface area (Å²) >= 11 is 3.33. The molecule has 1 aromatic heterocycles. The van der Waals surface area contributed by atoms with Gasteiger partial charge in [-0.3, -0.25) is 4.79 Å². The molecule has 10 heteroatoms. The summed E-state index contributed by atoms with van der Waals surface area (Å²) in [6.45, 7) is 3.75. The number of carbonyl (C=O) groups is 1. The van der Waals surface area contributed by atoms with Gasteiger partial charge in [0.1, 0.15) is 5.82 Å². The molecule has 3 rings (SSSR count). The summed E-state index contributed by atoms with van der Waals surface area (Å²) in [5.74, 6) is 0.0499. The molecule has 6 nitrogen and oxygen atoms in total. The first-order valence-corrected chi connectivity index (χ1v) is 9.57. The lowest BCUT2D eigenvalue weighted by atomic mass is 10.2. The lowest BCUT2D eigenvalue weighted by molar-refractivity contribution is -0.141. The molecule has 2 heterocycles. The van der Waals surface area contributed by atoms with Gasteiger partial charge in [0.05, 0.1) is 0 Å². The van der Waals surface area contributed by atoms with Gasteiger partial charge in [-0.2, -0.15) is 18.2 Å². The Hall–Kier alpha value is -2.36. The number of carbonyl (C=O) groups excluding carboxylic acids is 1. The first kappa shape index (κ1) is 20.4. The Morgan fingerprint density at radius 2 is 1.79 bits per heavy atom. The van der Waals surface area contributed by atoms with Crippen molar-refractivity contribution < 1.29 is 18.0 Å². The fourth-order valence-corrected chi connectivity index (χ4v) is 3.16. The Balaban J connectivity index is 1.73. The average molecular weight is 458 g/mol. The van der Waals surface area contributed by atoms with E-state index >= 15 is 0 Å². The minimum Gasteiger partial charge on any atom is -0.354 e. The third kappa shape index (κ3) is 4.73. The monoisotopic (exact) mass is 457 g/mol. The first-order chi connectivity index (χ1) is 13.3. The Kier molecular flexibility index (Phi) is 6.07. The number of nitrogens with zero attached hydrogens (tertiary/aromatic N) is 4. The topological polar surface area (TPSA) is 61.4 Å². The molecule has 0 spiro atoms. The van der Waals surface area contributed by atoms with Crippen LogP contribution in [0.2, 0.25) is 0 Å². The predicted octanol–water partition coefficient (Wildman–Crippen LogP) is 3.65. The maximum Gasteiger partial charge on any atom is 0.433 e. The number of piperazine rings is 1. The lowest BCUT2D eigenvalue weighted by Gasteiger charge is -2.35. The number of nitrogens with one attached hydrogen (secondary N) is 1. The van der Waals surface area contributed by atoms with Gasteiger partial charge in [-0.05, 0) is 31.2 Å². The molecular weight excluding hydrogens is 439 g/mol. The van der Waals surface area contributed by atoms with Crippen molar-refractivity contribution in [3.05, 3.63) is 46.1 Å². The number of hydrogen-bond donors (Lipinski definition) is 1. The predicted molar refractivity (Wildman–Crippen MR) is 103 cm³/mol. The molecule has 0 atom stereocenters. The average Bonchev–Trinajstić information content (AvgIpc) is 2.67. The molecule has 150 valence electrons. The summed E-state index contributed by atoms with van der Waals surface area (Å²) in [5.41, 5.74) is -0.408.